The summed E-state index contributed by atoms with van der Waals surface area (Å²) in [5.41, 5.74) is 9.53. The van der Waals surface area contributed by atoms with Gasteiger partial charge in [-0.1, -0.05) is 0 Å². The van der Waals surface area contributed by atoms with E-state index in [-0.39, 0.29) is 5.91 Å². The molecule has 3 aromatic heterocycles. The lowest BCUT2D eigenvalue weighted by molar-refractivity contribution is -0.129. The van der Waals surface area contributed by atoms with Crippen LogP contribution < -0.4 is 10.6 Å². The zero-order chi connectivity index (χ0) is 22.0. The zero-order valence-corrected chi connectivity index (χ0v) is 17.9. The third kappa shape index (κ3) is 4.09. The van der Waals surface area contributed by atoms with Crippen LogP contribution in [-0.4, -0.2) is 74.6 Å². The summed E-state index contributed by atoms with van der Waals surface area (Å²) in [5, 5.41) is 0. The fraction of sp³-hybridized carbons (Fsp3) is 0.333. The van der Waals surface area contributed by atoms with Crippen molar-refractivity contribution < 1.29 is 4.79 Å². The molecule has 31 heavy (non-hydrogen) atoms. The lowest BCUT2D eigenvalue weighted by atomic mass is 10.1. The van der Waals surface area contributed by atoms with Gasteiger partial charge in [0.15, 0.2) is 11.5 Å². The van der Waals surface area contributed by atoms with Gasteiger partial charge in [-0.2, -0.15) is 0 Å². The van der Waals surface area contributed by atoms with E-state index in [9.17, 15) is 4.79 Å². The first-order valence-electron chi connectivity index (χ1n) is 10.0. The number of hydrogen-bond acceptors (Lipinski definition) is 8. The minimum absolute atomic E-state index is 0.104. The normalized spacial score (nSPS) is 15.6. The van der Waals surface area contributed by atoms with Gasteiger partial charge >= 0.3 is 0 Å². The standard InChI is InChI=1S/C21H25N9O/c1-14(22)16(10-23-3)17-13-30-18(11-26-20(30)12-25-17)21-24-5-4-19(27-21)29-8-6-28(7-9-29)15(2)31/h4-5,10-13H,6-9,22H2,1-3H3/b16-14+,23-10?. The lowest BCUT2D eigenvalue weighted by Crippen LogP contribution is -2.48. The van der Waals surface area contributed by atoms with Crippen molar-refractivity contribution in [2.75, 3.05) is 38.1 Å². The van der Waals surface area contributed by atoms with Gasteiger partial charge in [-0.05, 0) is 13.0 Å². The van der Waals surface area contributed by atoms with Crippen LogP contribution in [-0.2, 0) is 4.79 Å². The quantitative estimate of drug-likeness (QED) is 0.632. The first kappa shape index (κ1) is 20.5. The number of amides is 1. The maximum absolute atomic E-state index is 11.6. The summed E-state index contributed by atoms with van der Waals surface area (Å²) in [7, 11) is 1.69. The van der Waals surface area contributed by atoms with Crippen LogP contribution in [0.3, 0.4) is 0 Å². The average molecular weight is 419 g/mol. The molecule has 0 saturated carbocycles. The van der Waals surface area contributed by atoms with Gasteiger partial charge in [0.05, 0.1) is 18.1 Å². The van der Waals surface area contributed by atoms with Gasteiger partial charge in [-0.25, -0.2) is 15.0 Å². The maximum atomic E-state index is 11.6. The second-order valence-corrected chi connectivity index (χ2v) is 7.36. The van der Waals surface area contributed by atoms with E-state index in [0.717, 1.165) is 30.2 Å². The number of fused-ring (bicyclic) bond motifs is 1. The largest absolute Gasteiger partial charge is 0.402 e. The molecule has 1 amide bonds. The Labute approximate surface area is 180 Å². The summed E-state index contributed by atoms with van der Waals surface area (Å²) in [5.74, 6) is 1.50. The number of nitrogens with zero attached hydrogens (tertiary/aromatic N) is 8. The molecule has 1 aliphatic rings. The summed E-state index contributed by atoms with van der Waals surface area (Å²) in [6.45, 7) is 6.26. The van der Waals surface area contributed by atoms with Crippen molar-refractivity contribution in [3.8, 4) is 11.5 Å². The van der Waals surface area contributed by atoms with Crippen LogP contribution in [0.25, 0.3) is 22.7 Å². The van der Waals surface area contributed by atoms with Crippen LogP contribution >= 0.6 is 0 Å². The van der Waals surface area contributed by atoms with Gasteiger partial charge in [0.2, 0.25) is 5.91 Å². The fourth-order valence-electron chi connectivity index (χ4n) is 3.59. The SMILES string of the molecule is CN=C/C(=C(/C)N)c1cn2c(-c3nccc(N4CCN(C(C)=O)CC4)n3)cnc2cn1. The molecule has 0 atom stereocenters. The number of allylic oxidation sites excluding steroid dienone is 2. The molecule has 0 spiro atoms. The van der Waals surface area contributed by atoms with Gasteiger partial charge in [-0.15, -0.1) is 0 Å². The highest BCUT2D eigenvalue weighted by atomic mass is 16.2. The molecule has 10 nitrogen and oxygen atoms in total. The molecule has 0 aliphatic carbocycles. The third-order valence-corrected chi connectivity index (χ3v) is 5.27. The molecule has 160 valence electrons. The van der Waals surface area contributed by atoms with E-state index in [1.165, 1.54) is 0 Å². The van der Waals surface area contributed by atoms with Gasteiger partial charge in [0, 0.05) is 70.0 Å². The summed E-state index contributed by atoms with van der Waals surface area (Å²) in [4.78, 5) is 37.8. The molecule has 1 fully saturated rings. The van der Waals surface area contributed by atoms with E-state index < -0.39 is 0 Å². The van der Waals surface area contributed by atoms with E-state index >= 15 is 0 Å². The zero-order valence-electron chi connectivity index (χ0n) is 17.9. The number of nitrogens with two attached hydrogens (primary N) is 1. The van der Waals surface area contributed by atoms with Crippen LogP contribution in [0, 0.1) is 0 Å². The highest BCUT2D eigenvalue weighted by molar-refractivity contribution is 6.09. The van der Waals surface area contributed by atoms with Crippen LogP contribution in [0.1, 0.15) is 19.5 Å². The van der Waals surface area contributed by atoms with Crippen molar-refractivity contribution in [2.45, 2.75) is 13.8 Å². The Hall–Kier alpha value is -3.82. The number of piperazine rings is 1. The second kappa shape index (κ2) is 8.50. The number of aliphatic imine (C=N–C) groups is 1. The Balaban J connectivity index is 1.68. The van der Waals surface area contributed by atoms with Gasteiger partial charge in [0.1, 0.15) is 11.5 Å². The molecule has 0 aromatic carbocycles. The highest BCUT2D eigenvalue weighted by Crippen LogP contribution is 2.22. The van der Waals surface area contributed by atoms with Crippen LogP contribution in [0.5, 0.6) is 0 Å². The van der Waals surface area contributed by atoms with Crippen molar-refractivity contribution in [2.24, 2.45) is 10.7 Å². The summed E-state index contributed by atoms with van der Waals surface area (Å²) in [6, 6.07) is 1.89. The van der Waals surface area contributed by atoms with E-state index in [0.29, 0.717) is 36.0 Å². The molecule has 0 radical (unpaired) electrons. The summed E-state index contributed by atoms with van der Waals surface area (Å²) < 4.78 is 1.90. The fourth-order valence-corrected chi connectivity index (χ4v) is 3.59. The number of hydrogen-bond donors (Lipinski definition) is 1. The summed E-state index contributed by atoms with van der Waals surface area (Å²) in [6.07, 6.45) is 8.73. The Kier molecular flexibility index (Phi) is 5.61. The number of anilines is 1. The monoisotopic (exact) mass is 419 g/mol. The highest BCUT2D eigenvalue weighted by Gasteiger charge is 2.20. The Bertz CT molecular complexity index is 1170. The first-order chi connectivity index (χ1) is 15.0. The number of carbonyl (C=O) groups excluding carboxylic acids is 1. The summed E-state index contributed by atoms with van der Waals surface area (Å²) >= 11 is 0. The van der Waals surface area contributed by atoms with E-state index in [2.05, 4.69) is 24.8 Å². The Morgan fingerprint density at radius 1 is 1.13 bits per heavy atom. The molecule has 10 heteroatoms. The maximum Gasteiger partial charge on any atom is 0.219 e. The molecule has 0 bridgehead atoms. The molecule has 1 aliphatic heterocycles. The lowest BCUT2D eigenvalue weighted by Gasteiger charge is -2.34. The Morgan fingerprint density at radius 3 is 2.58 bits per heavy atom. The van der Waals surface area contributed by atoms with Crippen molar-refractivity contribution in [1.82, 2.24) is 29.2 Å². The molecular weight excluding hydrogens is 394 g/mol. The van der Waals surface area contributed by atoms with Crippen LogP contribution in [0.4, 0.5) is 5.82 Å². The molecule has 4 heterocycles. The van der Waals surface area contributed by atoms with Crippen molar-refractivity contribution in [3.63, 3.8) is 0 Å². The molecule has 4 rings (SSSR count). The average Bonchev–Trinajstić information content (AvgIpc) is 3.20. The number of aromatic nitrogens is 5. The van der Waals surface area contributed by atoms with Crippen LogP contribution in [0.2, 0.25) is 0 Å². The molecule has 3 aromatic rings. The van der Waals surface area contributed by atoms with Crippen molar-refractivity contribution in [3.05, 3.63) is 42.2 Å². The minimum Gasteiger partial charge on any atom is -0.402 e. The number of carbonyl (C=O) groups is 1. The first-order valence-corrected chi connectivity index (χ1v) is 10.0. The third-order valence-electron chi connectivity index (χ3n) is 5.27. The minimum atomic E-state index is 0.104. The van der Waals surface area contributed by atoms with Gasteiger partial charge in [-0.3, -0.25) is 19.2 Å². The molecule has 1 saturated heterocycles. The Morgan fingerprint density at radius 2 is 1.90 bits per heavy atom. The predicted molar refractivity (Wildman–Crippen MR) is 120 cm³/mol. The second-order valence-electron chi connectivity index (χ2n) is 7.36. The van der Waals surface area contributed by atoms with E-state index in [1.54, 1.807) is 38.8 Å². The van der Waals surface area contributed by atoms with E-state index in [1.807, 2.05) is 28.5 Å². The number of imidazole rings is 1. The van der Waals surface area contributed by atoms with E-state index in [4.69, 9.17) is 10.7 Å². The van der Waals surface area contributed by atoms with Crippen LogP contribution in [0.15, 0.2) is 41.5 Å². The molecule has 2 N–H and O–H groups in total. The molecular formula is C21H25N9O. The van der Waals surface area contributed by atoms with Crippen molar-refractivity contribution >= 4 is 29.2 Å². The predicted octanol–water partition coefficient (Wildman–Crippen LogP) is 1.25. The van der Waals surface area contributed by atoms with Gasteiger partial charge in [0.25, 0.3) is 0 Å². The smallest absolute Gasteiger partial charge is 0.219 e. The van der Waals surface area contributed by atoms with Gasteiger partial charge < -0.3 is 15.5 Å². The number of rotatable bonds is 4. The molecule has 0 unspecified atom stereocenters. The van der Waals surface area contributed by atoms with Crippen molar-refractivity contribution in [1.29, 1.82) is 0 Å². The topological polar surface area (TPSA) is 118 Å².